The van der Waals surface area contributed by atoms with Gasteiger partial charge in [0.2, 0.25) is 0 Å². The number of hydrogen-bond acceptors (Lipinski definition) is 8. The van der Waals surface area contributed by atoms with Crippen molar-refractivity contribution >= 4 is 14.1 Å². The van der Waals surface area contributed by atoms with Gasteiger partial charge in [0.05, 0.1) is 33.1 Å². The number of halogens is 1. The van der Waals surface area contributed by atoms with Gasteiger partial charge in [-0.1, -0.05) is 82.3 Å². The number of aromatic nitrogens is 2. The molecule has 1 aromatic heterocycles. The highest BCUT2D eigenvalue weighted by molar-refractivity contribution is 6.74. The van der Waals surface area contributed by atoms with E-state index in [9.17, 15) is 9.18 Å². The molecule has 3 atom stereocenters. The molecule has 1 saturated heterocycles. The van der Waals surface area contributed by atoms with Gasteiger partial charge in [0.1, 0.15) is 28.9 Å². The molecule has 0 saturated carbocycles. The molecule has 11 heteroatoms. The SMILES string of the molecule is CC[C@]1(COC(c2ccccc2)(c2ccc(OC)cc2)c2ccc(OC)cc2)O[C@@H](n2cc(F)c(N)nc2=O)C[C@@H]1O[Si](C)(C)C(C)(C)C. The Hall–Kier alpha value is -4.03. The van der Waals surface area contributed by atoms with Crippen molar-refractivity contribution in [3.8, 4) is 11.5 Å². The summed E-state index contributed by atoms with van der Waals surface area (Å²) in [4.78, 5) is 16.8. The topological polar surface area (TPSA) is 107 Å². The lowest BCUT2D eigenvalue weighted by Crippen LogP contribution is -2.53. The minimum absolute atomic E-state index is 0.0753. The first kappa shape index (κ1) is 36.3. The van der Waals surface area contributed by atoms with E-state index < -0.39 is 49.2 Å². The van der Waals surface area contributed by atoms with Crippen molar-refractivity contribution in [3.63, 3.8) is 0 Å². The number of rotatable bonds is 12. The Labute approximate surface area is 289 Å². The average Bonchev–Trinajstić information content (AvgIpc) is 3.44. The number of ether oxygens (including phenoxy) is 4. The third-order valence-electron chi connectivity index (χ3n) is 10.2. The van der Waals surface area contributed by atoms with Crippen LogP contribution in [0.1, 0.15) is 63.5 Å². The molecule has 1 aliphatic rings. The highest BCUT2D eigenvalue weighted by Crippen LogP contribution is 2.48. The maximum atomic E-state index is 14.7. The minimum Gasteiger partial charge on any atom is -0.497 e. The molecular weight excluding hydrogens is 642 g/mol. The molecule has 0 amide bonds. The van der Waals surface area contributed by atoms with Gasteiger partial charge in [-0.25, -0.2) is 9.18 Å². The highest BCUT2D eigenvalue weighted by Gasteiger charge is 2.54. The summed E-state index contributed by atoms with van der Waals surface area (Å²) in [7, 11) is 0.880. The van der Waals surface area contributed by atoms with Crippen LogP contribution in [-0.4, -0.2) is 50.4 Å². The van der Waals surface area contributed by atoms with Crippen LogP contribution >= 0.6 is 0 Å². The summed E-state index contributed by atoms with van der Waals surface area (Å²) >= 11 is 0. The van der Waals surface area contributed by atoms with Crippen LogP contribution in [0.2, 0.25) is 18.1 Å². The van der Waals surface area contributed by atoms with E-state index in [1.54, 1.807) is 14.2 Å². The normalized spacial score (nSPS) is 19.9. The molecule has 1 aliphatic heterocycles. The number of nitrogens with zero attached hydrogens (tertiary/aromatic N) is 2. The van der Waals surface area contributed by atoms with Gasteiger partial charge in [-0.15, -0.1) is 0 Å². The monoisotopic (exact) mass is 689 g/mol. The predicted molar refractivity (Wildman–Crippen MR) is 191 cm³/mol. The summed E-state index contributed by atoms with van der Waals surface area (Å²) < 4.78 is 48.2. The van der Waals surface area contributed by atoms with E-state index >= 15 is 0 Å². The maximum absolute atomic E-state index is 14.7. The number of nitrogens with two attached hydrogens (primary N) is 1. The van der Waals surface area contributed by atoms with Crippen LogP contribution in [0.3, 0.4) is 0 Å². The van der Waals surface area contributed by atoms with Crippen LogP contribution < -0.4 is 20.9 Å². The van der Waals surface area contributed by atoms with Crippen LogP contribution in [-0.2, 0) is 19.5 Å². The fourth-order valence-electron chi connectivity index (χ4n) is 6.16. The van der Waals surface area contributed by atoms with Crippen molar-refractivity contribution in [2.75, 3.05) is 26.6 Å². The zero-order chi connectivity index (χ0) is 35.6. The first-order chi connectivity index (χ1) is 23.2. The Bertz CT molecular complexity index is 1730. The van der Waals surface area contributed by atoms with Crippen molar-refractivity contribution in [1.29, 1.82) is 0 Å². The standard InChI is InChI=1S/C38H48FN3O6Si/c1-9-37(32(48-49(7,8)36(2,3)4)23-33(47-37)42-24-31(39)34(40)41-35(42)43)25-46-38(26-13-11-10-12-14-26,27-15-19-29(44-5)20-16-27)28-17-21-30(45-6)22-18-28/h10-22,24,32-33H,9,23,25H2,1-8H3,(H2,40,41,43)/t32-,33+,37+/m0/s1. The Morgan fingerprint density at radius 2 is 1.47 bits per heavy atom. The Morgan fingerprint density at radius 1 is 0.939 bits per heavy atom. The van der Waals surface area contributed by atoms with Crippen LogP contribution in [0.4, 0.5) is 10.2 Å². The van der Waals surface area contributed by atoms with E-state index in [-0.39, 0.29) is 18.1 Å². The quantitative estimate of drug-likeness (QED) is 0.121. The molecule has 5 rings (SSSR count). The molecule has 3 aromatic carbocycles. The highest BCUT2D eigenvalue weighted by atomic mass is 28.4. The summed E-state index contributed by atoms with van der Waals surface area (Å²) in [6, 6.07) is 25.7. The van der Waals surface area contributed by atoms with Gasteiger partial charge < -0.3 is 29.1 Å². The van der Waals surface area contributed by atoms with Crippen molar-refractivity contribution in [1.82, 2.24) is 9.55 Å². The van der Waals surface area contributed by atoms with Gasteiger partial charge in [0, 0.05) is 6.42 Å². The fraction of sp³-hybridized carbons (Fsp3) is 0.421. The van der Waals surface area contributed by atoms with Gasteiger partial charge in [-0.3, -0.25) is 4.57 Å². The largest absolute Gasteiger partial charge is 0.497 e. The van der Waals surface area contributed by atoms with Crippen molar-refractivity contribution in [2.45, 2.75) is 82.2 Å². The average molecular weight is 690 g/mol. The van der Waals surface area contributed by atoms with E-state index in [1.165, 1.54) is 4.57 Å². The third kappa shape index (κ3) is 7.03. The number of anilines is 1. The van der Waals surface area contributed by atoms with E-state index in [1.807, 2.05) is 85.8 Å². The molecule has 0 radical (unpaired) electrons. The summed E-state index contributed by atoms with van der Waals surface area (Å²) in [6.45, 7) is 13.0. The first-order valence-corrected chi connectivity index (χ1v) is 19.5. The van der Waals surface area contributed by atoms with Crippen LogP contribution in [0.5, 0.6) is 11.5 Å². The number of nitrogen functional groups attached to an aromatic ring is 1. The molecule has 49 heavy (non-hydrogen) atoms. The molecule has 1 fully saturated rings. The van der Waals surface area contributed by atoms with Crippen LogP contribution in [0.25, 0.3) is 0 Å². The van der Waals surface area contributed by atoms with Crippen LogP contribution in [0.15, 0.2) is 89.9 Å². The predicted octanol–water partition coefficient (Wildman–Crippen LogP) is 7.45. The lowest BCUT2D eigenvalue weighted by Gasteiger charge is -2.44. The summed E-state index contributed by atoms with van der Waals surface area (Å²) in [5.74, 6) is 0.178. The van der Waals surface area contributed by atoms with E-state index in [0.717, 1.165) is 22.9 Å². The number of benzene rings is 3. The lowest BCUT2D eigenvalue weighted by atomic mass is 9.79. The zero-order valence-electron chi connectivity index (χ0n) is 29.7. The molecule has 2 heterocycles. The third-order valence-corrected chi connectivity index (χ3v) is 14.7. The zero-order valence-corrected chi connectivity index (χ0v) is 30.7. The molecule has 2 N–H and O–H groups in total. The molecule has 0 aliphatic carbocycles. The summed E-state index contributed by atoms with van der Waals surface area (Å²) in [5, 5.41) is -0.114. The molecular formula is C38H48FN3O6Si. The molecule has 0 unspecified atom stereocenters. The number of methoxy groups -OCH3 is 2. The van der Waals surface area contributed by atoms with Gasteiger partial charge >= 0.3 is 5.69 Å². The Kier molecular flexibility index (Phi) is 10.4. The van der Waals surface area contributed by atoms with Crippen molar-refractivity contribution < 1.29 is 27.8 Å². The Morgan fingerprint density at radius 3 is 1.96 bits per heavy atom. The smallest absolute Gasteiger partial charge is 0.351 e. The van der Waals surface area contributed by atoms with Gasteiger partial charge in [-0.2, -0.15) is 4.98 Å². The van der Waals surface area contributed by atoms with Crippen LogP contribution in [0, 0.1) is 5.82 Å². The van der Waals surface area contributed by atoms with E-state index in [4.69, 9.17) is 29.1 Å². The minimum atomic E-state index is -2.39. The maximum Gasteiger partial charge on any atom is 0.351 e. The first-order valence-electron chi connectivity index (χ1n) is 16.6. The number of hydrogen-bond donors (Lipinski definition) is 1. The fourth-order valence-corrected chi connectivity index (χ4v) is 7.54. The van der Waals surface area contributed by atoms with E-state index in [0.29, 0.717) is 17.9 Å². The molecule has 262 valence electrons. The summed E-state index contributed by atoms with van der Waals surface area (Å²) in [6.07, 6.45) is 0.489. The van der Waals surface area contributed by atoms with Crippen molar-refractivity contribution in [2.24, 2.45) is 0 Å². The van der Waals surface area contributed by atoms with Gasteiger partial charge in [0.25, 0.3) is 0 Å². The second-order valence-corrected chi connectivity index (χ2v) is 18.8. The lowest BCUT2D eigenvalue weighted by molar-refractivity contribution is -0.160. The summed E-state index contributed by atoms with van der Waals surface area (Å²) in [5.41, 5.74) is 5.42. The van der Waals surface area contributed by atoms with Gasteiger partial charge in [-0.05, 0) is 65.5 Å². The molecule has 0 bridgehead atoms. The molecule has 9 nitrogen and oxygen atoms in total. The molecule has 4 aromatic rings. The van der Waals surface area contributed by atoms with Crippen molar-refractivity contribution in [3.05, 3.63) is 118 Å². The van der Waals surface area contributed by atoms with Gasteiger partial charge in [0.15, 0.2) is 20.0 Å². The second-order valence-electron chi connectivity index (χ2n) is 14.1. The second kappa shape index (κ2) is 14.1. The Balaban J connectivity index is 1.67. The molecule has 0 spiro atoms. The van der Waals surface area contributed by atoms with E-state index in [2.05, 4.69) is 38.8 Å².